The largest absolute Gasteiger partial charge is 0.367 e. The molecule has 2 amide bonds. The van der Waals surface area contributed by atoms with Gasteiger partial charge in [-0.25, -0.2) is 9.97 Å². The van der Waals surface area contributed by atoms with E-state index in [-0.39, 0.29) is 18.0 Å². The van der Waals surface area contributed by atoms with E-state index in [1.165, 1.54) is 18.6 Å². The predicted molar refractivity (Wildman–Crippen MR) is 109 cm³/mol. The Balaban J connectivity index is 1.54. The molecular formula is C20H18N8O2. The summed E-state index contributed by atoms with van der Waals surface area (Å²) in [6, 6.07) is 2.12. The number of aromatic nitrogens is 5. The van der Waals surface area contributed by atoms with Gasteiger partial charge in [0.25, 0.3) is 5.91 Å². The lowest BCUT2D eigenvalue weighted by Gasteiger charge is -2.11. The molecule has 4 heterocycles. The van der Waals surface area contributed by atoms with Crippen molar-refractivity contribution in [2.45, 2.75) is 25.3 Å². The highest BCUT2D eigenvalue weighted by atomic mass is 16.2. The maximum absolute atomic E-state index is 12.5. The Hall–Kier alpha value is -4.08. The minimum absolute atomic E-state index is 0.0938. The zero-order valence-corrected chi connectivity index (χ0v) is 15.9. The molecule has 3 N–H and O–H groups in total. The van der Waals surface area contributed by atoms with Gasteiger partial charge in [-0.2, -0.15) is 9.61 Å². The predicted octanol–water partition coefficient (Wildman–Crippen LogP) is 1.76. The summed E-state index contributed by atoms with van der Waals surface area (Å²) < 4.78 is 1.69. The molecule has 1 saturated heterocycles. The van der Waals surface area contributed by atoms with E-state index in [9.17, 15) is 9.59 Å². The first-order valence-electron chi connectivity index (χ1n) is 9.49. The summed E-state index contributed by atoms with van der Waals surface area (Å²) in [6.45, 7) is 3.87. The van der Waals surface area contributed by atoms with Crippen molar-refractivity contribution in [3.05, 3.63) is 60.0 Å². The Bertz CT molecular complexity index is 1210. The third-order valence-electron chi connectivity index (χ3n) is 4.82. The van der Waals surface area contributed by atoms with Crippen LogP contribution in [-0.2, 0) is 4.79 Å². The summed E-state index contributed by atoms with van der Waals surface area (Å²) in [5.74, 6) is 0.585. The molecular weight excluding hydrogens is 384 g/mol. The molecule has 0 unspecified atom stereocenters. The minimum atomic E-state index is -0.407. The second-order valence-corrected chi connectivity index (χ2v) is 7.20. The minimum Gasteiger partial charge on any atom is -0.367 e. The average Bonchev–Trinajstić information content (AvgIpc) is 3.37. The van der Waals surface area contributed by atoms with E-state index >= 15 is 0 Å². The maximum Gasteiger partial charge on any atom is 0.277 e. The molecule has 10 nitrogen and oxygen atoms in total. The van der Waals surface area contributed by atoms with E-state index < -0.39 is 5.91 Å². The standard InChI is InChI=1S/C20H18N8O2/c1-11-12(7-18(29)24-11)6-13-9-23-28-17(25-14-2-3-14)8-16(26-19(13)28)27-20(30)15-10-21-4-5-22-15/h4-6,8-10,14,25H,1-3,7H2,(H,24,29)(H,26,27,30)/b12-6+. The quantitative estimate of drug-likeness (QED) is 0.594. The van der Waals surface area contributed by atoms with Crippen molar-refractivity contribution in [2.24, 2.45) is 0 Å². The van der Waals surface area contributed by atoms with Crippen LogP contribution < -0.4 is 16.0 Å². The summed E-state index contributed by atoms with van der Waals surface area (Å²) in [6.07, 6.45) is 10.3. The van der Waals surface area contributed by atoms with Crippen molar-refractivity contribution in [1.82, 2.24) is 29.9 Å². The van der Waals surface area contributed by atoms with E-state index in [0.29, 0.717) is 23.2 Å². The van der Waals surface area contributed by atoms with Crippen LogP contribution in [0.3, 0.4) is 0 Å². The van der Waals surface area contributed by atoms with E-state index in [2.05, 4.69) is 42.6 Å². The zero-order chi connectivity index (χ0) is 20.7. The van der Waals surface area contributed by atoms with Crippen LogP contribution in [0, 0.1) is 0 Å². The van der Waals surface area contributed by atoms with Gasteiger partial charge in [0.05, 0.1) is 18.8 Å². The number of hydrogen-bond donors (Lipinski definition) is 3. The second kappa shape index (κ2) is 7.07. The van der Waals surface area contributed by atoms with Crippen molar-refractivity contribution < 1.29 is 9.59 Å². The van der Waals surface area contributed by atoms with Crippen LogP contribution in [0.15, 0.2) is 48.7 Å². The fourth-order valence-electron chi connectivity index (χ4n) is 3.18. The number of amides is 2. The third kappa shape index (κ3) is 3.50. The molecule has 150 valence electrons. The highest BCUT2D eigenvalue weighted by Crippen LogP contribution is 2.28. The summed E-state index contributed by atoms with van der Waals surface area (Å²) in [5.41, 5.74) is 2.82. The number of carbonyl (C=O) groups is 2. The van der Waals surface area contributed by atoms with Crippen molar-refractivity contribution in [3.63, 3.8) is 0 Å². The van der Waals surface area contributed by atoms with Crippen molar-refractivity contribution in [1.29, 1.82) is 0 Å². The number of allylic oxidation sites excluding steroid dienone is 1. The summed E-state index contributed by atoms with van der Waals surface area (Å²) in [7, 11) is 0. The second-order valence-electron chi connectivity index (χ2n) is 7.20. The van der Waals surface area contributed by atoms with Gasteiger partial charge in [0.15, 0.2) is 5.65 Å². The van der Waals surface area contributed by atoms with Crippen LogP contribution in [0.2, 0.25) is 0 Å². The van der Waals surface area contributed by atoms with Crippen molar-refractivity contribution in [2.75, 3.05) is 10.6 Å². The Kier molecular flexibility index (Phi) is 4.24. The number of carbonyl (C=O) groups excluding carboxylic acids is 2. The van der Waals surface area contributed by atoms with Gasteiger partial charge in [0.2, 0.25) is 5.91 Å². The van der Waals surface area contributed by atoms with Crippen LogP contribution >= 0.6 is 0 Å². The van der Waals surface area contributed by atoms with E-state index in [1.54, 1.807) is 16.8 Å². The summed E-state index contributed by atoms with van der Waals surface area (Å²) in [5, 5.41) is 13.3. The smallest absolute Gasteiger partial charge is 0.277 e. The molecule has 0 bridgehead atoms. The maximum atomic E-state index is 12.5. The molecule has 10 heteroatoms. The molecule has 3 aromatic heterocycles. The molecule has 1 saturated carbocycles. The number of anilines is 2. The normalized spacial score (nSPS) is 17.4. The Morgan fingerprint density at radius 1 is 1.30 bits per heavy atom. The number of fused-ring (bicyclic) bond motifs is 1. The Labute approximate surface area is 171 Å². The van der Waals surface area contributed by atoms with Crippen LogP contribution in [0.1, 0.15) is 35.3 Å². The van der Waals surface area contributed by atoms with E-state index in [4.69, 9.17) is 0 Å². The molecule has 3 aromatic rings. The van der Waals surface area contributed by atoms with Crippen LogP contribution in [-0.4, -0.2) is 42.4 Å². The number of hydrogen-bond acceptors (Lipinski definition) is 7. The van der Waals surface area contributed by atoms with Crippen molar-refractivity contribution >= 4 is 35.2 Å². The number of rotatable bonds is 5. The molecule has 0 atom stereocenters. The highest BCUT2D eigenvalue weighted by Gasteiger charge is 2.24. The van der Waals surface area contributed by atoms with Gasteiger partial charge in [-0.3, -0.25) is 14.6 Å². The molecule has 0 spiro atoms. The fourth-order valence-corrected chi connectivity index (χ4v) is 3.18. The lowest BCUT2D eigenvalue weighted by atomic mass is 10.1. The Morgan fingerprint density at radius 3 is 2.87 bits per heavy atom. The van der Waals surface area contributed by atoms with Crippen LogP contribution in [0.4, 0.5) is 11.6 Å². The Morgan fingerprint density at radius 2 is 2.17 bits per heavy atom. The third-order valence-corrected chi connectivity index (χ3v) is 4.82. The van der Waals surface area contributed by atoms with Gasteiger partial charge in [0.1, 0.15) is 17.3 Å². The highest BCUT2D eigenvalue weighted by molar-refractivity contribution is 6.02. The topological polar surface area (TPSA) is 126 Å². The van der Waals surface area contributed by atoms with Crippen LogP contribution in [0.5, 0.6) is 0 Å². The molecule has 5 rings (SSSR count). The molecule has 0 aromatic carbocycles. The van der Waals surface area contributed by atoms with Gasteiger partial charge in [0, 0.05) is 35.8 Å². The van der Waals surface area contributed by atoms with Crippen LogP contribution in [0.25, 0.3) is 11.7 Å². The molecule has 1 aliphatic carbocycles. The van der Waals surface area contributed by atoms with E-state index in [0.717, 1.165) is 29.8 Å². The molecule has 2 aliphatic rings. The molecule has 30 heavy (non-hydrogen) atoms. The number of nitrogens with zero attached hydrogens (tertiary/aromatic N) is 5. The first kappa shape index (κ1) is 18.0. The lowest BCUT2D eigenvalue weighted by Crippen LogP contribution is -2.16. The SMILES string of the molecule is C=C1NC(=O)C/C1=C\c1cnn2c(NC3CC3)cc(NC(=O)c3cnccn3)nc12. The fraction of sp³-hybridized carbons (Fsp3) is 0.200. The van der Waals surface area contributed by atoms with Gasteiger partial charge in [-0.15, -0.1) is 0 Å². The molecule has 0 radical (unpaired) electrons. The summed E-state index contributed by atoms with van der Waals surface area (Å²) >= 11 is 0. The summed E-state index contributed by atoms with van der Waals surface area (Å²) in [4.78, 5) is 36.7. The van der Waals surface area contributed by atoms with Crippen molar-refractivity contribution in [3.8, 4) is 0 Å². The average molecular weight is 402 g/mol. The first-order valence-corrected chi connectivity index (χ1v) is 9.49. The number of nitrogens with one attached hydrogen (secondary N) is 3. The van der Waals surface area contributed by atoms with Gasteiger partial charge in [-0.1, -0.05) is 6.58 Å². The van der Waals surface area contributed by atoms with Gasteiger partial charge >= 0.3 is 0 Å². The monoisotopic (exact) mass is 402 g/mol. The molecule has 1 aliphatic heterocycles. The first-order chi connectivity index (χ1) is 14.6. The molecule has 2 fully saturated rings. The lowest BCUT2D eigenvalue weighted by molar-refractivity contribution is -0.118. The zero-order valence-electron chi connectivity index (χ0n) is 15.9. The van der Waals surface area contributed by atoms with Gasteiger partial charge < -0.3 is 16.0 Å². The van der Waals surface area contributed by atoms with Gasteiger partial charge in [-0.05, 0) is 24.5 Å². The van der Waals surface area contributed by atoms with E-state index in [1.807, 2.05) is 6.08 Å².